The Bertz CT molecular complexity index is 546. The summed E-state index contributed by atoms with van der Waals surface area (Å²) >= 11 is 0. The van der Waals surface area contributed by atoms with Gasteiger partial charge in [-0.3, -0.25) is 5.32 Å². The summed E-state index contributed by atoms with van der Waals surface area (Å²) in [5.41, 5.74) is 2.19. The van der Waals surface area contributed by atoms with Crippen molar-refractivity contribution in [2.45, 2.75) is 71.3 Å². The van der Waals surface area contributed by atoms with Crippen LogP contribution in [0.4, 0.5) is 10.5 Å². The number of benzene rings is 1. The molecular weight excluding hydrogens is 286 g/mol. The van der Waals surface area contributed by atoms with Crippen molar-refractivity contribution in [2.24, 2.45) is 11.3 Å². The first kappa shape index (κ1) is 16.4. The lowest BCUT2D eigenvalue weighted by atomic mass is 9.57. The second-order valence-electron chi connectivity index (χ2n) is 7.47. The van der Waals surface area contributed by atoms with Crippen LogP contribution in [0.5, 0.6) is 0 Å². The predicted molar refractivity (Wildman–Crippen MR) is 93.6 cm³/mol. The zero-order chi connectivity index (χ0) is 16.3. The minimum Gasteiger partial charge on any atom is -0.445 e. The second kappa shape index (κ2) is 6.94. The van der Waals surface area contributed by atoms with Crippen LogP contribution in [0.3, 0.4) is 0 Å². The lowest BCUT2D eigenvalue weighted by Gasteiger charge is -2.52. The molecule has 1 amide bonds. The van der Waals surface area contributed by atoms with Crippen molar-refractivity contribution in [1.29, 1.82) is 0 Å². The van der Waals surface area contributed by atoms with Crippen LogP contribution in [-0.4, -0.2) is 12.2 Å². The van der Waals surface area contributed by atoms with Gasteiger partial charge < -0.3 is 4.74 Å². The summed E-state index contributed by atoms with van der Waals surface area (Å²) in [4.78, 5) is 12.2. The van der Waals surface area contributed by atoms with E-state index in [-0.39, 0.29) is 17.6 Å². The van der Waals surface area contributed by atoms with Crippen LogP contribution in [-0.2, 0) is 4.74 Å². The number of hydrogen-bond donors (Lipinski definition) is 1. The number of ether oxygens (including phenoxy) is 1. The van der Waals surface area contributed by atoms with Gasteiger partial charge >= 0.3 is 6.09 Å². The molecule has 1 spiro atoms. The van der Waals surface area contributed by atoms with E-state index >= 15 is 0 Å². The van der Waals surface area contributed by atoms with Gasteiger partial charge in [0.05, 0.1) is 0 Å². The third kappa shape index (κ3) is 3.54. The predicted octanol–water partition coefficient (Wildman–Crippen LogP) is 5.68. The quantitative estimate of drug-likeness (QED) is 0.776. The molecule has 0 saturated heterocycles. The van der Waals surface area contributed by atoms with Crippen LogP contribution in [0.25, 0.3) is 0 Å². The van der Waals surface area contributed by atoms with Crippen LogP contribution >= 0.6 is 0 Å². The summed E-state index contributed by atoms with van der Waals surface area (Å²) < 4.78 is 5.78. The Morgan fingerprint density at radius 3 is 2.52 bits per heavy atom. The SMILES string of the molecule is CCCC1CCC2(CC1)CCC2OC(=O)Nc1ccccc1C. The van der Waals surface area contributed by atoms with E-state index in [1.54, 1.807) is 0 Å². The van der Waals surface area contributed by atoms with Crippen molar-refractivity contribution in [3.63, 3.8) is 0 Å². The monoisotopic (exact) mass is 315 g/mol. The maximum Gasteiger partial charge on any atom is 0.411 e. The van der Waals surface area contributed by atoms with E-state index in [4.69, 9.17) is 4.74 Å². The van der Waals surface area contributed by atoms with Gasteiger partial charge in [0, 0.05) is 11.1 Å². The fourth-order valence-electron chi connectivity index (χ4n) is 4.36. The fourth-order valence-corrected chi connectivity index (χ4v) is 4.36. The van der Waals surface area contributed by atoms with Gasteiger partial charge in [-0.25, -0.2) is 4.79 Å². The van der Waals surface area contributed by atoms with Crippen molar-refractivity contribution < 1.29 is 9.53 Å². The molecule has 1 atom stereocenters. The number of anilines is 1. The molecule has 1 aromatic rings. The molecule has 2 aliphatic rings. The van der Waals surface area contributed by atoms with Crippen molar-refractivity contribution in [3.05, 3.63) is 29.8 Å². The highest BCUT2D eigenvalue weighted by atomic mass is 16.6. The molecular formula is C20H29NO2. The van der Waals surface area contributed by atoms with Crippen molar-refractivity contribution >= 4 is 11.8 Å². The molecule has 2 saturated carbocycles. The van der Waals surface area contributed by atoms with Gasteiger partial charge in [-0.2, -0.15) is 0 Å². The molecule has 0 aromatic heterocycles. The molecule has 0 radical (unpaired) electrons. The molecule has 0 bridgehead atoms. The highest BCUT2D eigenvalue weighted by Gasteiger charge is 2.50. The van der Waals surface area contributed by atoms with E-state index < -0.39 is 0 Å². The zero-order valence-corrected chi connectivity index (χ0v) is 14.4. The van der Waals surface area contributed by atoms with Crippen LogP contribution in [0.2, 0.25) is 0 Å². The van der Waals surface area contributed by atoms with E-state index in [0.717, 1.165) is 23.6 Å². The molecule has 1 unspecified atom stereocenters. The largest absolute Gasteiger partial charge is 0.445 e. The number of aryl methyl sites for hydroxylation is 1. The van der Waals surface area contributed by atoms with Crippen LogP contribution in [0, 0.1) is 18.3 Å². The van der Waals surface area contributed by atoms with Gasteiger partial charge in [-0.1, -0.05) is 38.0 Å². The number of carbonyl (C=O) groups excluding carboxylic acids is 1. The Morgan fingerprint density at radius 1 is 1.22 bits per heavy atom. The van der Waals surface area contributed by atoms with Gasteiger partial charge in [0.2, 0.25) is 0 Å². The molecule has 2 fully saturated rings. The van der Waals surface area contributed by atoms with Gasteiger partial charge in [0.15, 0.2) is 0 Å². The number of para-hydroxylation sites is 1. The standard InChI is InChI=1S/C20H29NO2/c1-3-6-16-9-12-20(13-10-16)14-11-18(20)23-19(22)21-17-8-5-4-7-15(17)2/h4-5,7-8,16,18H,3,6,9-14H2,1-2H3,(H,21,22). The maximum atomic E-state index is 12.2. The van der Waals surface area contributed by atoms with Crippen molar-refractivity contribution in [1.82, 2.24) is 0 Å². The molecule has 3 nitrogen and oxygen atoms in total. The van der Waals surface area contributed by atoms with Gasteiger partial charge in [-0.15, -0.1) is 0 Å². The van der Waals surface area contributed by atoms with Gasteiger partial charge in [0.25, 0.3) is 0 Å². The minimum atomic E-state index is -0.293. The number of nitrogens with one attached hydrogen (secondary N) is 1. The minimum absolute atomic E-state index is 0.120. The Kier molecular flexibility index (Phi) is 4.93. The average Bonchev–Trinajstić information content (AvgIpc) is 2.55. The molecule has 126 valence electrons. The summed E-state index contributed by atoms with van der Waals surface area (Å²) in [7, 11) is 0. The van der Waals surface area contributed by atoms with Gasteiger partial charge in [-0.05, 0) is 63.0 Å². The topological polar surface area (TPSA) is 38.3 Å². The summed E-state index contributed by atoms with van der Waals surface area (Å²) in [5, 5.41) is 2.90. The molecule has 1 N–H and O–H groups in total. The molecule has 3 heteroatoms. The van der Waals surface area contributed by atoms with Crippen LogP contribution < -0.4 is 5.32 Å². The maximum absolute atomic E-state index is 12.2. The number of amides is 1. The Labute approximate surface area is 139 Å². The number of rotatable bonds is 4. The highest BCUT2D eigenvalue weighted by molar-refractivity contribution is 5.85. The van der Waals surface area contributed by atoms with Crippen molar-refractivity contribution in [3.8, 4) is 0 Å². The fraction of sp³-hybridized carbons (Fsp3) is 0.650. The molecule has 1 aromatic carbocycles. The number of carbonyl (C=O) groups is 1. The van der Waals surface area contributed by atoms with E-state index in [2.05, 4.69) is 12.2 Å². The Morgan fingerprint density at radius 2 is 1.91 bits per heavy atom. The third-order valence-electron chi connectivity index (χ3n) is 6.02. The smallest absolute Gasteiger partial charge is 0.411 e. The summed E-state index contributed by atoms with van der Waals surface area (Å²) in [6.07, 6.45) is 9.83. The van der Waals surface area contributed by atoms with E-state index in [1.807, 2.05) is 31.2 Å². The van der Waals surface area contributed by atoms with E-state index in [1.165, 1.54) is 44.9 Å². The molecule has 2 aliphatic carbocycles. The first-order chi connectivity index (χ1) is 11.1. The molecule has 3 rings (SSSR count). The second-order valence-corrected chi connectivity index (χ2v) is 7.47. The Balaban J connectivity index is 1.53. The van der Waals surface area contributed by atoms with Gasteiger partial charge in [0.1, 0.15) is 6.10 Å². The lowest BCUT2D eigenvalue weighted by Crippen LogP contribution is -2.50. The van der Waals surface area contributed by atoms with E-state index in [9.17, 15) is 4.79 Å². The average molecular weight is 315 g/mol. The van der Waals surface area contributed by atoms with Crippen LogP contribution in [0.15, 0.2) is 24.3 Å². The number of hydrogen-bond acceptors (Lipinski definition) is 2. The summed E-state index contributed by atoms with van der Waals surface area (Å²) in [6, 6.07) is 7.82. The third-order valence-corrected chi connectivity index (χ3v) is 6.02. The zero-order valence-electron chi connectivity index (χ0n) is 14.4. The first-order valence-corrected chi connectivity index (χ1v) is 9.16. The summed E-state index contributed by atoms with van der Waals surface area (Å²) in [6.45, 7) is 4.27. The summed E-state index contributed by atoms with van der Waals surface area (Å²) in [5.74, 6) is 0.896. The van der Waals surface area contributed by atoms with Crippen LogP contribution in [0.1, 0.15) is 63.9 Å². The lowest BCUT2D eigenvalue weighted by molar-refractivity contribution is -0.0962. The first-order valence-electron chi connectivity index (χ1n) is 9.16. The molecule has 0 aliphatic heterocycles. The van der Waals surface area contributed by atoms with E-state index in [0.29, 0.717) is 0 Å². The molecule has 23 heavy (non-hydrogen) atoms. The normalized spacial score (nSPS) is 29.8. The Hall–Kier alpha value is -1.51. The highest BCUT2D eigenvalue weighted by Crippen LogP contribution is 2.54. The molecule has 0 heterocycles. The van der Waals surface area contributed by atoms with Crippen molar-refractivity contribution in [2.75, 3.05) is 5.32 Å².